The monoisotopic (exact) mass is 437 g/mol. The first kappa shape index (κ1) is 20.3. The van der Waals surface area contributed by atoms with E-state index in [1.165, 1.54) is 11.1 Å². The Kier molecular flexibility index (Phi) is 5.41. The van der Waals surface area contributed by atoms with Crippen molar-refractivity contribution >= 4 is 22.8 Å². The van der Waals surface area contributed by atoms with Crippen LogP contribution in [0.25, 0.3) is 27.8 Å². The lowest BCUT2D eigenvalue weighted by Crippen LogP contribution is -2.22. The lowest BCUT2D eigenvalue weighted by Gasteiger charge is -2.14. The van der Waals surface area contributed by atoms with Crippen LogP contribution in [0, 0.1) is 13.8 Å². The summed E-state index contributed by atoms with van der Waals surface area (Å²) in [5.74, 6) is 0.733. The van der Waals surface area contributed by atoms with Crippen LogP contribution in [0.3, 0.4) is 0 Å². The van der Waals surface area contributed by atoms with E-state index in [2.05, 4.69) is 36.2 Å². The van der Waals surface area contributed by atoms with Crippen LogP contribution in [0.1, 0.15) is 16.7 Å². The summed E-state index contributed by atoms with van der Waals surface area (Å²) in [7, 11) is 0. The highest BCUT2D eigenvalue weighted by atomic mass is 32.2. The maximum atomic E-state index is 13.7. The molecule has 0 aliphatic rings. The van der Waals surface area contributed by atoms with Gasteiger partial charge in [0.25, 0.3) is 5.56 Å². The van der Waals surface area contributed by atoms with E-state index in [0.29, 0.717) is 16.2 Å². The molecule has 0 bridgehead atoms. The quantitative estimate of drug-likeness (QED) is 0.260. The van der Waals surface area contributed by atoms with Crippen LogP contribution < -0.4 is 5.56 Å². The Morgan fingerprint density at radius 1 is 0.938 bits per heavy atom. The Bertz CT molecular complexity index is 1470. The van der Waals surface area contributed by atoms with Crippen molar-refractivity contribution in [2.24, 2.45) is 0 Å². The lowest BCUT2D eigenvalue weighted by molar-refractivity contribution is 0.813. The molecule has 2 aromatic heterocycles. The zero-order chi connectivity index (χ0) is 22.1. The van der Waals surface area contributed by atoms with Gasteiger partial charge < -0.3 is 4.98 Å². The summed E-state index contributed by atoms with van der Waals surface area (Å²) in [5.41, 5.74) is 7.43. The number of thioether (sulfide) groups is 1. The number of aromatic amines is 1. The van der Waals surface area contributed by atoms with E-state index in [-0.39, 0.29) is 5.56 Å². The van der Waals surface area contributed by atoms with E-state index in [1.807, 2.05) is 67.7 Å². The summed E-state index contributed by atoms with van der Waals surface area (Å²) in [5, 5.41) is 0.690. The van der Waals surface area contributed by atoms with Crippen molar-refractivity contribution in [2.45, 2.75) is 24.8 Å². The average Bonchev–Trinajstić information content (AvgIpc) is 3.23. The van der Waals surface area contributed by atoms with Crippen LogP contribution in [0.15, 0.2) is 95.0 Å². The van der Waals surface area contributed by atoms with Gasteiger partial charge in [-0.2, -0.15) is 0 Å². The zero-order valence-electron chi connectivity index (χ0n) is 18.0. The summed E-state index contributed by atoms with van der Waals surface area (Å²) >= 11 is 1.59. The maximum absolute atomic E-state index is 13.7. The van der Waals surface area contributed by atoms with Crippen LogP contribution in [0.4, 0.5) is 0 Å². The van der Waals surface area contributed by atoms with Gasteiger partial charge in [-0.25, -0.2) is 4.98 Å². The molecular weight excluding hydrogens is 414 g/mol. The minimum atomic E-state index is -0.0850. The molecule has 32 heavy (non-hydrogen) atoms. The number of benzene rings is 3. The molecule has 0 spiro atoms. The normalized spacial score (nSPS) is 11.2. The number of para-hydroxylation sites is 1. The average molecular weight is 438 g/mol. The van der Waals surface area contributed by atoms with Crippen molar-refractivity contribution in [1.82, 2.24) is 14.5 Å². The summed E-state index contributed by atoms with van der Waals surface area (Å²) < 4.78 is 1.74. The highest BCUT2D eigenvalue weighted by Crippen LogP contribution is 2.30. The molecule has 0 unspecified atom stereocenters. The molecular formula is C27H23N3OS. The number of nitrogens with one attached hydrogen (secondary N) is 1. The van der Waals surface area contributed by atoms with E-state index in [9.17, 15) is 4.79 Å². The van der Waals surface area contributed by atoms with E-state index in [0.717, 1.165) is 28.1 Å². The maximum Gasteiger partial charge on any atom is 0.283 e. The molecule has 0 amide bonds. The van der Waals surface area contributed by atoms with Crippen molar-refractivity contribution in [3.05, 3.63) is 112 Å². The number of aromatic nitrogens is 3. The molecule has 5 rings (SSSR count). The number of rotatable bonds is 5. The van der Waals surface area contributed by atoms with E-state index in [1.54, 1.807) is 16.3 Å². The molecule has 0 aliphatic heterocycles. The molecule has 0 saturated heterocycles. The molecule has 2 heterocycles. The second-order valence-electron chi connectivity index (χ2n) is 7.89. The van der Waals surface area contributed by atoms with Crippen molar-refractivity contribution < 1.29 is 0 Å². The predicted octanol–water partition coefficient (Wildman–Crippen LogP) is 6.29. The van der Waals surface area contributed by atoms with Crippen LogP contribution >= 0.6 is 11.8 Å². The van der Waals surface area contributed by atoms with Gasteiger partial charge in [-0.3, -0.25) is 9.36 Å². The topological polar surface area (TPSA) is 50.7 Å². The first-order valence-corrected chi connectivity index (χ1v) is 11.5. The number of hydrogen-bond acceptors (Lipinski definition) is 3. The highest BCUT2D eigenvalue weighted by molar-refractivity contribution is 7.98. The van der Waals surface area contributed by atoms with Crippen LogP contribution in [-0.2, 0) is 5.75 Å². The van der Waals surface area contributed by atoms with Crippen molar-refractivity contribution in [3.63, 3.8) is 0 Å². The lowest BCUT2D eigenvalue weighted by atomic mass is 10.1. The first-order valence-electron chi connectivity index (χ1n) is 10.6. The number of nitrogens with zero attached hydrogens (tertiary/aromatic N) is 2. The van der Waals surface area contributed by atoms with Crippen molar-refractivity contribution in [1.29, 1.82) is 0 Å². The van der Waals surface area contributed by atoms with Crippen LogP contribution in [0.5, 0.6) is 0 Å². The molecule has 1 N–H and O–H groups in total. The minimum Gasteiger partial charge on any atom is -0.355 e. The summed E-state index contributed by atoms with van der Waals surface area (Å²) in [6.45, 7) is 4.11. The fourth-order valence-electron chi connectivity index (χ4n) is 3.95. The summed E-state index contributed by atoms with van der Waals surface area (Å²) in [4.78, 5) is 21.9. The third-order valence-electron chi connectivity index (χ3n) is 5.56. The molecule has 0 saturated carbocycles. The molecule has 0 aliphatic carbocycles. The van der Waals surface area contributed by atoms with E-state index >= 15 is 0 Å². The smallest absolute Gasteiger partial charge is 0.283 e. The van der Waals surface area contributed by atoms with Gasteiger partial charge in [-0.15, -0.1) is 0 Å². The predicted molar refractivity (Wildman–Crippen MR) is 133 cm³/mol. The fourth-order valence-corrected chi connectivity index (χ4v) is 4.89. The van der Waals surface area contributed by atoms with E-state index in [4.69, 9.17) is 4.98 Å². The molecule has 3 aromatic carbocycles. The SMILES string of the molecule is Cc1cccc(CSc2nc3c(-c4ccccc4)c[nH]c3c(=O)n2-c2ccccc2C)c1. The third kappa shape index (κ3) is 3.76. The zero-order valence-corrected chi connectivity index (χ0v) is 18.8. The van der Waals surface area contributed by atoms with Gasteiger partial charge in [0.05, 0.1) is 5.69 Å². The van der Waals surface area contributed by atoms with Crippen molar-refractivity contribution in [3.8, 4) is 16.8 Å². The van der Waals surface area contributed by atoms with Gasteiger partial charge in [-0.1, -0.05) is 90.1 Å². The third-order valence-corrected chi connectivity index (χ3v) is 6.57. The second kappa shape index (κ2) is 8.52. The van der Waals surface area contributed by atoms with Crippen LogP contribution in [-0.4, -0.2) is 14.5 Å². The van der Waals surface area contributed by atoms with Gasteiger partial charge in [0, 0.05) is 17.5 Å². The molecule has 158 valence electrons. The molecule has 5 aromatic rings. The van der Waals surface area contributed by atoms with Gasteiger partial charge in [0.2, 0.25) is 0 Å². The Morgan fingerprint density at radius 2 is 1.72 bits per heavy atom. The molecule has 0 fully saturated rings. The Hall–Kier alpha value is -3.57. The molecule has 0 radical (unpaired) electrons. The van der Waals surface area contributed by atoms with Gasteiger partial charge in [0.15, 0.2) is 5.16 Å². The minimum absolute atomic E-state index is 0.0850. The number of H-pyrrole nitrogens is 1. The largest absolute Gasteiger partial charge is 0.355 e. The van der Waals surface area contributed by atoms with Crippen LogP contribution in [0.2, 0.25) is 0 Å². The summed E-state index contributed by atoms with van der Waals surface area (Å²) in [6.07, 6.45) is 1.88. The highest BCUT2D eigenvalue weighted by Gasteiger charge is 2.18. The van der Waals surface area contributed by atoms with Gasteiger partial charge in [0.1, 0.15) is 11.0 Å². The number of aryl methyl sites for hydroxylation is 2. The summed E-state index contributed by atoms with van der Waals surface area (Å²) in [6, 6.07) is 26.4. The van der Waals surface area contributed by atoms with Gasteiger partial charge in [-0.05, 0) is 36.6 Å². The number of hydrogen-bond donors (Lipinski definition) is 1. The van der Waals surface area contributed by atoms with Crippen molar-refractivity contribution in [2.75, 3.05) is 0 Å². The fraction of sp³-hybridized carbons (Fsp3) is 0.111. The Balaban J connectivity index is 1.70. The Labute approximate surface area is 191 Å². The standard InChI is InChI=1S/C27H23N3OS/c1-18-9-8-11-20(15-18)17-32-27-29-24-22(21-12-4-3-5-13-21)16-28-25(24)26(31)30(27)23-14-7-6-10-19(23)2/h3-16,28H,17H2,1-2H3. The molecule has 0 atom stereocenters. The Morgan fingerprint density at radius 3 is 2.50 bits per heavy atom. The molecule has 5 heteroatoms. The first-order chi connectivity index (χ1) is 15.6. The molecule has 4 nitrogen and oxygen atoms in total. The number of fused-ring (bicyclic) bond motifs is 1. The van der Waals surface area contributed by atoms with Gasteiger partial charge >= 0.3 is 0 Å². The second-order valence-corrected chi connectivity index (χ2v) is 8.83. The van der Waals surface area contributed by atoms with E-state index < -0.39 is 0 Å².